The van der Waals surface area contributed by atoms with Crippen LogP contribution in [0.4, 0.5) is 31.5 Å². The van der Waals surface area contributed by atoms with Gasteiger partial charge in [-0.25, -0.2) is 8.78 Å². The van der Waals surface area contributed by atoms with Gasteiger partial charge in [-0.05, 0) is 228 Å². The zero-order chi connectivity index (χ0) is 75.3. The van der Waals surface area contributed by atoms with Crippen LogP contribution in [0.15, 0.2) is 170 Å². The van der Waals surface area contributed by atoms with Crippen LogP contribution in [-0.2, 0) is 45.1 Å². The van der Waals surface area contributed by atoms with E-state index in [9.17, 15) is 39.0 Å². The fourth-order valence-corrected chi connectivity index (χ4v) is 20.3. The number of phenolic OH excluding ortho intramolecular Hbond substituents is 2. The minimum absolute atomic E-state index is 0.0194. The highest BCUT2D eigenvalue weighted by atomic mass is 19.1. The van der Waals surface area contributed by atoms with Crippen molar-refractivity contribution < 1.29 is 47.8 Å². The Balaban J connectivity index is 0.000000160. The van der Waals surface area contributed by atoms with Crippen LogP contribution in [-0.4, -0.2) is 168 Å². The Hall–Kier alpha value is -10.0. The molecule has 0 spiro atoms. The van der Waals surface area contributed by atoms with Gasteiger partial charge in [-0.15, -0.1) is 0 Å². The second-order valence-electron chi connectivity index (χ2n) is 32.7. The third-order valence-electron chi connectivity index (χ3n) is 26.2. The van der Waals surface area contributed by atoms with Gasteiger partial charge in [0.15, 0.2) is 11.6 Å². The number of carbonyl (C=O) groups excluding carboxylic acids is 6. The number of hydrogen-bond acceptors (Lipinski definition) is 14. The monoisotopic (exact) mass is 1480 g/mol. The van der Waals surface area contributed by atoms with Gasteiger partial charge in [0, 0.05) is 152 Å². The van der Waals surface area contributed by atoms with Gasteiger partial charge in [-0.3, -0.25) is 38.6 Å². The van der Waals surface area contributed by atoms with E-state index in [1.165, 1.54) is 22.3 Å². The maximum Gasteiger partial charge on any atom is 0.255 e. The standard InChI is InChI=1S/2C46H49FN4O4/c2*47-41-26-33(45-38(31-4-2-1-3-5-31)11-6-32-25-36(52)9-13-39(32)45)7-14-42(41)50-18-16-30(17-19-50)28-48-20-22-49(23-21-48)35-8-12-40-34(24-35)29-51(46(40)55)43-15-10-37(53)27-44(43)54/h2*1-5,7-9,12-14,24-26,30,38,43,45,52H,6,10-11,15-23,27-29H2/t38-,43+,45+;38-,43-,45+/m11/s1. The fourth-order valence-electron chi connectivity index (χ4n) is 20.3. The molecule has 2 N–H and O–H groups in total. The molecule has 18 rings (SSSR count). The second kappa shape index (κ2) is 31.4. The molecule has 0 aromatic heterocycles. The number of aryl methyl sites for hydroxylation is 2. The van der Waals surface area contributed by atoms with Gasteiger partial charge in [-0.2, -0.15) is 0 Å². The number of piperidine rings is 2. The molecule has 8 aromatic rings. The van der Waals surface area contributed by atoms with Crippen molar-refractivity contribution in [1.29, 1.82) is 0 Å². The summed E-state index contributed by atoms with van der Waals surface area (Å²) >= 11 is 0. The van der Waals surface area contributed by atoms with E-state index in [-0.39, 0.29) is 94.6 Å². The van der Waals surface area contributed by atoms with Gasteiger partial charge in [-0.1, -0.05) is 84.9 Å². The molecule has 568 valence electrons. The quantitative estimate of drug-likeness (QED) is 0.0986. The van der Waals surface area contributed by atoms with Crippen molar-refractivity contribution in [3.8, 4) is 11.5 Å². The molecule has 4 saturated heterocycles. The Morgan fingerprint density at radius 3 is 1.14 bits per heavy atom. The molecule has 10 aliphatic rings. The summed E-state index contributed by atoms with van der Waals surface area (Å²) < 4.78 is 32.2. The van der Waals surface area contributed by atoms with E-state index in [0.29, 0.717) is 73.1 Å². The summed E-state index contributed by atoms with van der Waals surface area (Å²) in [6.45, 7) is 13.8. The second-order valence-corrected chi connectivity index (χ2v) is 32.7. The van der Waals surface area contributed by atoms with Crippen molar-refractivity contribution in [2.75, 3.05) is 111 Å². The molecular weight excluding hydrogens is 1380 g/mol. The van der Waals surface area contributed by atoms with Crippen LogP contribution in [0.1, 0.15) is 177 Å². The van der Waals surface area contributed by atoms with E-state index in [4.69, 9.17) is 0 Å². The van der Waals surface area contributed by atoms with E-state index in [1.54, 1.807) is 34.1 Å². The first-order valence-corrected chi connectivity index (χ1v) is 40.3. The molecule has 8 aromatic carbocycles. The lowest BCUT2D eigenvalue weighted by Gasteiger charge is -2.40. The number of benzene rings is 8. The number of amides is 2. The number of nitrogens with zero attached hydrogens (tertiary/aromatic N) is 8. The first kappa shape index (κ1) is 72.8. The summed E-state index contributed by atoms with van der Waals surface area (Å²) in [6, 6.07) is 55.3. The number of ketones is 4. The maximum absolute atomic E-state index is 16.1. The van der Waals surface area contributed by atoms with Crippen molar-refractivity contribution in [2.24, 2.45) is 11.8 Å². The van der Waals surface area contributed by atoms with Crippen LogP contribution < -0.4 is 19.6 Å². The van der Waals surface area contributed by atoms with Gasteiger partial charge in [0.05, 0.1) is 36.3 Å². The third-order valence-corrected chi connectivity index (χ3v) is 26.2. The van der Waals surface area contributed by atoms with Gasteiger partial charge < -0.3 is 39.6 Å². The average molecular weight is 1480 g/mol. The van der Waals surface area contributed by atoms with Crippen LogP contribution in [0.3, 0.4) is 0 Å². The minimum atomic E-state index is -0.494. The van der Waals surface area contributed by atoms with Crippen molar-refractivity contribution in [2.45, 2.75) is 139 Å². The molecule has 6 heterocycles. The number of hydrogen-bond donors (Lipinski definition) is 2. The van der Waals surface area contributed by atoms with Crippen LogP contribution in [0.5, 0.6) is 11.5 Å². The number of rotatable bonds is 14. The molecular formula is C92H98F2N8O8. The van der Waals surface area contributed by atoms with Crippen molar-refractivity contribution in [1.82, 2.24) is 19.6 Å². The maximum atomic E-state index is 16.1. The largest absolute Gasteiger partial charge is 0.508 e. The fraction of sp³-hybridized carbons (Fsp3) is 0.413. The zero-order valence-corrected chi connectivity index (χ0v) is 62.7. The summed E-state index contributed by atoms with van der Waals surface area (Å²) in [5.74, 6) is 1.36. The van der Waals surface area contributed by atoms with Crippen LogP contribution >= 0.6 is 0 Å². The molecule has 2 amide bonds. The molecule has 0 bridgehead atoms. The predicted octanol–water partition coefficient (Wildman–Crippen LogP) is 14.2. The Kier molecular flexibility index (Phi) is 20.8. The first-order chi connectivity index (χ1) is 53.6. The van der Waals surface area contributed by atoms with Crippen LogP contribution in [0.25, 0.3) is 0 Å². The molecule has 16 nitrogen and oxygen atoms in total. The number of anilines is 4. The highest BCUT2D eigenvalue weighted by Crippen LogP contribution is 2.50. The molecule has 0 radical (unpaired) electrons. The van der Waals surface area contributed by atoms with Gasteiger partial charge in [0.25, 0.3) is 11.8 Å². The van der Waals surface area contributed by atoms with Crippen LogP contribution in [0, 0.1) is 23.5 Å². The van der Waals surface area contributed by atoms with Crippen molar-refractivity contribution in [3.63, 3.8) is 0 Å². The Morgan fingerprint density at radius 2 is 0.755 bits per heavy atom. The number of fused-ring (bicyclic) bond motifs is 4. The first-order valence-electron chi connectivity index (χ1n) is 40.3. The van der Waals surface area contributed by atoms with E-state index in [0.717, 1.165) is 188 Å². The molecule has 4 aliphatic carbocycles. The normalized spacial score (nSPS) is 23.6. The molecule has 6 aliphatic heterocycles. The van der Waals surface area contributed by atoms with E-state index >= 15 is 8.78 Å². The minimum Gasteiger partial charge on any atom is -0.508 e. The molecule has 2 saturated carbocycles. The lowest BCUT2D eigenvalue weighted by molar-refractivity contribution is -0.134. The zero-order valence-electron chi connectivity index (χ0n) is 62.7. The lowest BCUT2D eigenvalue weighted by Crippen LogP contribution is -2.49. The Labute approximate surface area is 643 Å². The SMILES string of the molecule is O=C1CC[C@@H](N2Cc3cc(N4CCN(CC5CCN(c6ccc([C@@H]7c8ccc(O)cc8CC[C@@H]7c7ccccc7)cc6F)CC5)CC4)ccc3C2=O)C(=O)C1.O=C1CC[C@H](N2Cc3cc(N4CCN(CC5CCN(c6ccc([C@@H]7c8ccc(O)cc8CC[C@@H]7c7ccccc7)cc6F)CC5)CC4)ccc3C2=O)C(=O)C1. The van der Waals surface area contributed by atoms with Crippen molar-refractivity contribution >= 4 is 57.7 Å². The van der Waals surface area contributed by atoms with Crippen molar-refractivity contribution in [3.05, 3.63) is 248 Å². The molecule has 0 unspecified atom stereocenters. The smallest absolute Gasteiger partial charge is 0.255 e. The number of piperazine rings is 2. The number of phenols is 2. The number of Topliss-reactive ketones (excluding diaryl/α,β-unsaturated/α-hetero) is 4. The molecule has 6 fully saturated rings. The van der Waals surface area contributed by atoms with Crippen LogP contribution in [0.2, 0.25) is 0 Å². The summed E-state index contributed by atoms with van der Waals surface area (Å²) in [7, 11) is 0. The number of aromatic hydroxyl groups is 2. The topological polar surface area (TPSA) is 169 Å². The average Bonchev–Trinajstić information content (AvgIpc) is 0.818. The van der Waals surface area contributed by atoms with E-state index in [1.807, 2.05) is 72.8 Å². The predicted molar refractivity (Wildman–Crippen MR) is 423 cm³/mol. The number of halogens is 2. The molecule has 6 atom stereocenters. The molecule has 110 heavy (non-hydrogen) atoms. The van der Waals surface area contributed by atoms with Gasteiger partial charge >= 0.3 is 0 Å². The third kappa shape index (κ3) is 15.0. The van der Waals surface area contributed by atoms with Gasteiger partial charge in [0.2, 0.25) is 0 Å². The summed E-state index contributed by atoms with van der Waals surface area (Å²) in [5.41, 5.74) is 16.0. The van der Waals surface area contributed by atoms with Gasteiger partial charge in [0.1, 0.15) is 34.7 Å². The highest BCUT2D eigenvalue weighted by molar-refractivity contribution is 6.09. The summed E-state index contributed by atoms with van der Waals surface area (Å²) in [5, 5.41) is 20.4. The van der Waals surface area contributed by atoms with E-state index < -0.39 is 12.1 Å². The Bertz CT molecular complexity index is 4510. The lowest BCUT2D eigenvalue weighted by atomic mass is 9.69. The Morgan fingerprint density at radius 1 is 0.355 bits per heavy atom. The highest BCUT2D eigenvalue weighted by Gasteiger charge is 2.43. The summed E-state index contributed by atoms with van der Waals surface area (Å²) in [6.07, 6.45) is 9.24. The molecule has 18 heteroatoms. The van der Waals surface area contributed by atoms with E-state index in [2.05, 4.69) is 102 Å². The summed E-state index contributed by atoms with van der Waals surface area (Å²) in [4.78, 5) is 92.6. The number of carbonyl (C=O) groups is 6.